The fourth-order valence-electron chi connectivity index (χ4n) is 2.82. The zero-order chi connectivity index (χ0) is 15.9. The Kier molecular flexibility index (Phi) is 3.15. The number of carboxylic acid groups (broad SMARTS) is 1. The largest absolute Gasteiger partial charge is 0.504 e. The molecule has 0 bridgehead atoms. The molecular formula is C17H14O5. The number of hydrogen-bond donors (Lipinski definition) is 4. The van der Waals surface area contributed by atoms with Gasteiger partial charge in [0.05, 0.1) is 0 Å². The zero-order valence-electron chi connectivity index (χ0n) is 11.5. The highest BCUT2D eigenvalue weighted by atomic mass is 16.4. The Morgan fingerprint density at radius 2 is 1.77 bits per heavy atom. The summed E-state index contributed by atoms with van der Waals surface area (Å²) in [5.41, 5.74) is -0.289. The van der Waals surface area contributed by atoms with Crippen molar-refractivity contribution in [1.82, 2.24) is 0 Å². The van der Waals surface area contributed by atoms with Crippen LogP contribution in [0, 0.1) is 0 Å². The standard InChI is InChI=1S/C17H14O5/c18-13-6-5-11(9-14(13)19)17(16(21)22)8-7-10-3-1-2-4-12(10)15(17)20/h1-9,15,18-20H,(H,21,22). The predicted octanol–water partition coefficient (Wildman–Crippen LogP) is 2.18. The van der Waals surface area contributed by atoms with Crippen LogP contribution in [-0.4, -0.2) is 26.4 Å². The molecule has 2 aromatic carbocycles. The number of carbonyl (C=O) groups is 1. The van der Waals surface area contributed by atoms with E-state index in [1.165, 1.54) is 18.2 Å². The molecule has 1 aliphatic carbocycles. The van der Waals surface area contributed by atoms with Crippen molar-refractivity contribution in [1.29, 1.82) is 0 Å². The number of aromatic hydroxyl groups is 2. The van der Waals surface area contributed by atoms with Crippen molar-refractivity contribution in [3.63, 3.8) is 0 Å². The molecule has 2 unspecified atom stereocenters. The summed E-state index contributed by atoms with van der Waals surface area (Å²) in [5.74, 6) is -2.02. The van der Waals surface area contributed by atoms with Crippen molar-refractivity contribution in [3.8, 4) is 11.5 Å². The molecule has 0 heterocycles. The summed E-state index contributed by atoms with van der Waals surface area (Å²) in [4.78, 5) is 11.9. The van der Waals surface area contributed by atoms with E-state index < -0.39 is 23.2 Å². The first kappa shape index (κ1) is 14.2. The highest BCUT2D eigenvalue weighted by molar-refractivity contribution is 5.89. The van der Waals surface area contributed by atoms with E-state index in [2.05, 4.69) is 0 Å². The number of hydrogen-bond acceptors (Lipinski definition) is 4. The van der Waals surface area contributed by atoms with Gasteiger partial charge in [0.1, 0.15) is 11.5 Å². The molecule has 5 nitrogen and oxygen atoms in total. The van der Waals surface area contributed by atoms with E-state index >= 15 is 0 Å². The quantitative estimate of drug-likeness (QED) is 0.637. The van der Waals surface area contributed by atoms with Gasteiger partial charge in [0, 0.05) is 0 Å². The minimum absolute atomic E-state index is 0.188. The highest BCUT2D eigenvalue weighted by Gasteiger charge is 2.48. The Hall–Kier alpha value is -2.79. The van der Waals surface area contributed by atoms with Crippen molar-refractivity contribution in [2.24, 2.45) is 0 Å². The Morgan fingerprint density at radius 1 is 1.05 bits per heavy atom. The lowest BCUT2D eigenvalue weighted by Crippen LogP contribution is -2.41. The molecular weight excluding hydrogens is 284 g/mol. The maximum absolute atomic E-state index is 11.9. The predicted molar refractivity (Wildman–Crippen MR) is 79.5 cm³/mol. The van der Waals surface area contributed by atoms with Gasteiger partial charge < -0.3 is 20.4 Å². The van der Waals surface area contributed by atoms with Gasteiger partial charge in [0.25, 0.3) is 0 Å². The van der Waals surface area contributed by atoms with Crippen molar-refractivity contribution >= 4 is 12.0 Å². The average Bonchev–Trinajstić information content (AvgIpc) is 2.51. The van der Waals surface area contributed by atoms with Gasteiger partial charge in [-0.1, -0.05) is 42.5 Å². The molecule has 22 heavy (non-hydrogen) atoms. The van der Waals surface area contributed by atoms with Crippen molar-refractivity contribution < 1.29 is 25.2 Å². The third-order valence-corrected chi connectivity index (χ3v) is 4.05. The van der Waals surface area contributed by atoms with Gasteiger partial charge >= 0.3 is 5.97 Å². The maximum Gasteiger partial charge on any atom is 0.321 e. The molecule has 0 saturated heterocycles. The van der Waals surface area contributed by atoms with Crippen LogP contribution < -0.4 is 0 Å². The van der Waals surface area contributed by atoms with Gasteiger partial charge in [-0.3, -0.25) is 4.79 Å². The molecule has 112 valence electrons. The topological polar surface area (TPSA) is 98.0 Å². The van der Waals surface area contributed by atoms with Crippen molar-refractivity contribution in [2.75, 3.05) is 0 Å². The lowest BCUT2D eigenvalue weighted by atomic mass is 9.69. The number of benzene rings is 2. The third kappa shape index (κ3) is 1.87. The summed E-state index contributed by atoms with van der Waals surface area (Å²) >= 11 is 0. The number of aliphatic hydroxyl groups is 1. The summed E-state index contributed by atoms with van der Waals surface area (Å²) in [6, 6.07) is 10.7. The maximum atomic E-state index is 11.9. The normalized spacial score (nSPS) is 23.0. The van der Waals surface area contributed by atoms with E-state index in [4.69, 9.17) is 0 Å². The van der Waals surface area contributed by atoms with Gasteiger partial charge in [-0.2, -0.15) is 0 Å². The van der Waals surface area contributed by atoms with Crippen LogP contribution in [0.25, 0.3) is 6.08 Å². The summed E-state index contributed by atoms with van der Waals surface area (Å²) in [5, 5.41) is 39.5. The molecule has 0 radical (unpaired) electrons. The fraction of sp³-hybridized carbons (Fsp3) is 0.118. The first-order valence-electron chi connectivity index (χ1n) is 6.69. The van der Waals surface area contributed by atoms with Gasteiger partial charge in [0.15, 0.2) is 11.5 Å². The Labute approximate surface area is 126 Å². The van der Waals surface area contributed by atoms with E-state index in [-0.39, 0.29) is 11.3 Å². The van der Waals surface area contributed by atoms with Crippen LogP contribution in [0.5, 0.6) is 11.5 Å². The molecule has 2 atom stereocenters. The molecule has 0 aliphatic heterocycles. The van der Waals surface area contributed by atoms with E-state index in [9.17, 15) is 25.2 Å². The first-order chi connectivity index (χ1) is 10.5. The molecule has 2 aromatic rings. The molecule has 0 aromatic heterocycles. The number of phenols is 2. The van der Waals surface area contributed by atoms with E-state index in [1.807, 2.05) is 0 Å². The van der Waals surface area contributed by atoms with Crippen LogP contribution in [0.1, 0.15) is 22.8 Å². The molecule has 0 amide bonds. The summed E-state index contributed by atoms with van der Waals surface area (Å²) in [6.45, 7) is 0. The van der Waals surface area contributed by atoms with E-state index in [1.54, 1.807) is 30.3 Å². The molecule has 3 rings (SSSR count). The van der Waals surface area contributed by atoms with Crippen molar-refractivity contribution in [2.45, 2.75) is 11.5 Å². The molecule has 5 heteroatoms. The molecule has 1 aliphatic rings. The number of aliphatic carboxylic acids is 1. The van der Waals surface area contributed by atoms with Crippen LogP contribution in [-0.2, 0) is 10.2 Å². The Morgan fingerprint density at radius 3 is 2.45 bits per heavy atom. The Bertz CT molecular complexity index is 780. The molecule has 0 saturated carbocycles. The second-order valence-electron chi connectivity index (χ2n) is 5.24. The first-order valence-corrected chi connectivity index (χ1v) is 6.69. The van der Waals surface area contributed by atoms with Gasteiger partial charge in [0.2, 0.25) is 0 Å². The number of rotatable bonds is 2. The zero-order valence-corrected chi connectivity index (χ0v) is 11.5. The minimum Gasteiger partial charge on any atom is -0.504 e. The van der Waals surface area contributed by atoms with Crippen LogP contribution >= 0.6 is 0 Å². The second-order valence-corrected chi connectivity index (χ2v) is 5.24. The smallest absolute Gasteiger partial charge is 0.321 e. The number of aliphatic hydroxyl groups excluding tert-OH is 1. The Balaban J connectivity index is 2.23. The van der Waals surface area contributed by atoms with E-state index in [0.29, 0.717) is 5.56 Å². The van der Waals surface area contributed by atoms with E-state index in [0.717, 1.165) is 11.6 Å². The summed E-state index contributed by atoms with van der Waals surface area (Å²) < 4.78 is 0. The van der Waals surface area contributed by atoms with Crippen LogP contribution in [0.2, 0.25) is 0 Å². The molecule has 0 spiro atoms. The van der Waals surface area contributed by atoms with Crippen LogP contribution in [0.15, 0.2) is 48.5 Å². The lowest BCUT2D eigenvalue weighted by Gasteiger charge is -2.35. The van der Waals surface area contributed by atoms with Crippen LogP contribution in [0.3, 0.4) is 0 Å². The minimum atomic E-state index is -1.72. The number of fused-ring (bicyclic) bond motifs is 1. The highest BCUT2D eigenvalue weighted by Crippen LogP contribution is 2.45. The van der Waals surface area contributed by atoms with Gasteiger partial charge in [-0.05, 0) is 28.8 Å². The van der Waals surface area contributed by atoms with Crippen molar-refractivity contribution in [3.05, 3.63) is 65.2 Å². The number of phenolic OH excluding ortho intramolecular Hbond substituents is 2. The second kappa shape index (κ2) is 4.89. The summed E-state index contributed by atoms with van der Waals surface area (Å²) in [6.07, 6.45) is 1.74. The van der Waals surface area contributed by atoms with Gasteiger partial charge in [-0.15, -0.1) is 0 Å². The lowest BCUT2D eigenvalue weighted by molar-refractivity contribution is -0.146. The average molecular weight is 298 g/mol. The van der Waals surface area contributed by atoms with Crippen LogP contribution in [0.4, 0.5) is 0 Å². The molecule has 4 N–H and O–H groups in total. The fourth-order valence-corrected chi connectivity index (χ4v) is 2.82. The SMILES string of the molecule is O=C(O)C1(c2ccc(O)c(O)c2)C=Cc2ccccc2C1O. The van der Waals surface area contributed by atoms with Gasteiger partial charge in [-0.25, -0.2) is 0 Å². The number of carboxylic acids is 1. The third-order valence-electron chi connectivity index (χ3n) is 4.05. The monoisotopic (exact) mass is 298 g/mol. The summed E-state index contributed by atoms with van der Waals surface area (Å²) in [7, 11) is 0. The molecule has 0 fully saturated rings.